The van der Waals surface area contributed by atoms with Crippen LogP contribution in [0.3, 0.4) is 0 Å². The van der Waals surface area contributed by atoms with E-state index in [0.29, 0.717) is 12.5 Å². The van der Waals surface area contributed by atoms with Gasteiger partial charge >= 0.3 is 0 Å². The van der Waals surface area contributed by atoms with Gasteiger partial charge in [0.2, 0.25) is 5.91 Å². The molecule has 1 aromatic rings. The van der Waals surface area contributed by atoms with Crippen LogP contribution in [0.25, 0.3) is 0 Å². The van der Waals surface area contributed by atoms with Crippen molar-refractivity contribution in [3.05, 3.63) is 47.0 Å². The van der Waals surface area contributed by atoms with Crippen LogP contribution in [0.2, 0.25) is 0 Å². The zero-order chi connectivity index (χ0) is 15.3. The van der Waals surface area contributed by atoms with Crippen LogP contribution in [0.5, 0.6) is 0 Å². The lowest BCUT2D eigenvalue weighted by atomic mass is 9.74. The molecule has 0 saturated carbocycles. The second kappa shape index (κ2) is 4.55. The van der Waals surface area contributed by atoms with Gasteiger partial charge < -0.3 is 5.73 Å². The first-order valence-electron chi connectivity index (χ1n) is 7.50. The van der Waals surface area contributed by atoms with Crippen molar-refractivity contribution in [3.8, 4) is 0 Å². The van der Waals surface area contributed by atoms with Crippen molar-refractivity contribution in [2.24, 2.45) is 16.6 Å². The summed E-state index contributed by atoms with van der Waals surface area (Å²) in [4.78, 5) is 16.5. The van der Waals surface area contributed by atoms with Gasteiger partial charge in [-0.1, -0.05) is 45.0 Å². The number of fused-ring (bicyclic) bond motifs is 1. The Kier molecular flexibility index (Phi) is 3.05. The van der Waals surface area contributed by atoms with E-state index < -0.39 is 5.41 Å². The molecule has 110 valence electrons. The fourth-order valence-corrected chi connectivity index (χ4v) is 3.64. The highest BCUT2D eigenvalue weighted by Crippen LogP contribution is 2.46. The van der Waals surface area contributed by atoms with E-state index in [1.165, 1.54) is 11.1 Å². The molecule has 0 bridgehead atoms. The monoisotopic (exact) mass is 282 g/mol. The maximum atomic E-state index is 12.2. The molecule has 0 radical (unpaired) electrons. The number of primary amides is 1. The molecule has 2 N–H and O–H groups in total. The minimum absolute atomic E-state index is 0.131. The number of nitrogens with zero attached hydrogens (tertiary/aromatic N) is 1. The molecule has 1 aromatic carbocycles. The van der Waals surface area contributed by atoms with Crippen LogP contribution in [-0.4, -0.2) is 18.7 Å². The van der Waals surface area contributed by atoms with Gasteiger partial charge in [-0.3, -0.25) is 9.79 Å². The number of aliphatic imine (C=N–C) groups is 1. The average Bonchev–Trinajstić information content (AvgIpc) is 2.70. The molecule has 3 rings (SSSR count). The van der Waals surface area contributed by atoms with Gasteiger partial charge in [0.1, 0.15) is 5.41 Å². The first-order valence-corrected chi connectivity index (χ1v) is 7.50. The summed E-state index contributed by atoms with van der Waals surface area (Å²) in [5, 5.41) is 0. The molecule has 1 amide bonds. The molecule has 2 aliphatic rings. The quantitative estimate of drug-likeness (QED) is 0.890. The molecule has 0 spiro atoms. The zero-order valence-corrected chi connectivity index (χ0v) is 12.9. The molecule has 1 heterocycles. The zero-order valence-electron chi connectivity index (χ0n) is 12.9. The van der Waals surface area contributed by atoms with E-state index >= 15 is 0 Å². The summed E-state index contributed by atoms with van der Waals surface area (Å²) in [7, 11) is 0. The van der Waals surface area contributed by atoms with Gasteiger partial charge in [-0.05, 0) is 40.5 Å². The number of allylic oxidation sites excluding steroid dienone is 1. The molecule has 2 unspecified atom stereocenters. The summed E-state index contributed by atoms with van der Waals surface area (Å²) < 4.78 is 0. The first-order chi connectivity index (χ1) is 9.89. The number of amides is 1. The third-order valence-electron chi connectivity index (χ3n) is 5.45. The summed E-state index contributed by atoms with van der Waals surface area (Å²) in [6.07, 6.45) is 6.47. The highest BCUT2D eigenvalue weighted by atomic mass is 16.1. The van der Waals surface area contributed by atoms with Gasteiger partial charge in [-0.25, -0.2) is 0 Å². The van der Waals surface area contributed by atoms with Crippen molar-refractivity contribution in [1.82, 2.24) is 0 Å². The van der Waals surface area contributed by atoms with Gasteiger partial charge in [0.25, 0.3) is 0 Å². The maximum Gasteiger partial charge on any atom is 0.233 e. The van der Waals surface area contributed by atoms with Crippen molar-refractivity contribution in [2.45, 2.75) is 38.0 Å². The lowest BCUT2D eigenvalue weighted by Gasteiger charge is -2.30. The second-order valence-electron chi connectivity index (χ2n) is 6.84. The summed E-state index contributed by atoms with van der Waals surface area (Å²) in [6, 6.07) is 6.28. The largest absolute Gasteiger partial charge is 0.369 e. The van der Waals surface area contributed by atoms with Crippen molar-refractivity contribution >= 4 is 12.1 Å². The van der Waals surface area contributed by atoms with Crippen LogP contribution < -0.4 is 5.73 Å². The number of hydrogen-bond donors (Lipinski definition) is 1. The third-order valence-corrected chi connectivity index (χ3v) is 5.45. The topological polar surface area (TPSA) is 55.5 Å². The number of benzene rings is 1. The standard InChI is InChI=1S/C18H22N2O/c1-12-10-13-14(17(12,2)3)6-4-7-15(13)18(16(19)21)8-5-9-20-11-18/h4-9,12H,10-11H2,1-3H3,(H2,19,21). The number of dihydropyridines is 1. The maximum absolute atomic E-state index is 12.2. The molecule has 2 atom stereocenters. The molecular weight excluding hydrogens is 260 g/mol. The van der Waals surface area contributed by atoms with Crippen molar-refractivity contribution < 1.29 is 4.79 Å². The Balaban J connectivity index is 2.22. The van der Waals surface area contributed by atoms with Crippen LogP contribution in [-0.2, 0) is 22.0 Å². The van der Waals surface area contributed by atoms with Crippen molar-refractivity contribution in [3.63, 3.8) is 0 Å². The smallest absolute Gasteiger partial charge is 0.233 e. The molecule has 1 aliphatic carbocycles. The fourth-order valence-electron chi connectivity index (χ4n) is 3.64. The fraction of sp³-hybridized carbons (Fsp3) is 0.444. The SMILES string of the molecule is CC1Cc2c(C3(C(N)=O)C=CC=NC3)cccc2C1(C)C. The number of hydrogen-bond acceptors (Lipinski definition) is 2. The highest BCUT2D eigenvalue weighted by Gasteiger charge is 2.44. The predicted octanol–water partition coefficient (Wildman–Crippen LogP) is 2.52. The van der Waals surface area contributed by atoms with Crippen LogP contribution in [0, 0.1) is 5.92 Å². The van der Waals surface area contributed by atoms with E-state index in [4.69, 9.17) is 5.73 Å². The summed E-state index contributed by atoms with van der Waals surface area (Å²) in [5.41, 5.74) is 8.78. The first kappa shape index (κ1) is 14.1. The Labute approximate surface area is 126 Å². The van der Waals surface area contributed by atoms with E-state index in [1.54, 1.807) is 6.21 Å². The molecule has 0 saturated heterocycles. The van der Waals surface area contributed by atoms with E-state index in [1.807, 2.05) is 24.3 Å². The summed E-state index contributed by atoms with van der Waals surface area (Å²) >= 11 is 0. The Morgan fingerprint density at radius 3 is 2.67 bits per heavy atom. The Morgan fingerprint density at radius 1 is 1.33 bits per heavy atom. The molecular formula is C18H22N2O. The van der Waals surface area contributed by atoms with Crippen LogP contribution >= 0.6 is 0 Å². The van der Waals surface area contributed by atoms with E-state index in [0.717, 1.165) is 12.0 Å². The average molecular weight is 282 g/mol. The lowest BCUT2D eigenvalue weighted by Crippen LogP contribution is -2.44. The molecule has 0 fully saturated rings. The highest BCUT2D eigenvalue weighted by molar-refractivity contribution is 5.92. The number of rotatable bonds is 2. The minimum atomic E-state index is -0.791. The van der Waals surface area contributed by atoms with Gasteiger partial charge in [-0.15, -0.1) is 0 Å². The van der Waals surface area contributed by atoms with E-state index in [2.05, 4.69) is 31.8 Å². The summed E-state index contributed by atoms with van der Waals surface area (Å²) in [6.45, 7) is 7.23. The van der Waals surface area contributed by atoms with Gasteiger partial charge in [0, 0.05) is 6.21 Å². The molecule has 3 nitrogen and oxygen atoms in total. The number of carbonyl (C=O) groups excluding carboxylic acids is 1. The second-order valence-corrected chi connectivity index (χ2v) is 6.84. The van der Waals surface area contributed by atoms with Crippen molar-refractivity contribution in [1.29, 1.82) is 0 Å². The Hall–Kier alpha value is -1.90. The van der Waals surface area contributed by atoms with Crippen molar-refractivity contribution in [2.75, 3.05) is 6.54 Å². The number of carbonyl (C=O) groups is 1. The normalized spacial score (nSPS) is 29.4. The third kappa shape index (κ3) is 1.87. The van der Waals surface area contributed by atoms with Crippen LogP contribution in [0.4, 0.5) is 0 Å². The minimum Gasteiger partial charge on any atom is -0.369 e. The molecule has 0 aromatic heterocycles. The Bertz CT molecular complexity index is 657. The predicted molar refractivity (Wildman–Crippen MR) is 85.7 cm³/mol. The molecule has 21 heavy (non-hydrogen) atoms. The lowest BCUT2D eigenvalue weighted by molar-refractivity contribution is -0.121. The summed E-state index contributed by atoms with van der Waals surface area (Å²) in [5.74, 6) is 0.232. The van der Waals surface area contributed by atoms with Gasteiger partial charge in [0.05, 0.1) is 6.54 Å². The molecule has 1 aliphatic heterocycles. The number of nitrogens with two attached hydrogens (primary N) is 1. The Morgan fingerprint density at radius 2 is 2.05 bits per heavy atom. The van der Waals surface area contributed by atoms with Gasteiger partial charge in [-0.2, -0.15) is 0 Å². The molecule has 3 heteroatoms. The van der Waals surface area contributed by atoms with Crippen LogP contribution in [0.1, 0.15) is 37.5 Å². The van der Waals surface area contributed by atoms with E-state index in [9.17, 15) is 4.79 Å². The van der Waals surface area contributed by atoms with Gasteiger partial charge in [0.15, 0.2) is 0 Å². The van der Waals surface area contributed by atoms with E-state index in [-0.39, 0.29) is 11.3 Å². The van der Waals surface area contributed by atoms with Crippen LogP contribution in [0.15, 0.2) is 35.3 Å².